The summed E-state index contributed by atoms with van der Waals surface area (Å²) in [6, 6.07) is 6.35. The van der Waals surface area contributed by atoms with Crippen LogP contribution in [0.15, 0.2) is 24.3 Å². The fraction of sp³-hybridized carbons (Fsp3) is 0.500. The minimum absolute atomic E-state index is 0.00549. The van der Waals surface area contributed by atoms with Crippen molar-refractivity contribution in [3.8, 4) is 0 Å². The van der Waals surface area contributed by atoms with E-state index in [0.29, 0.717) is 19.4 Å². The number of urea groups is 1. The third kappa shape index (κ3) is 3.37. The highest BCUT2D eigenvalue weighted by Crippen LogP contribution is 2.40. The second kappa shape index (κ2) is 5.94. The molecule has 0 spiro atoms. The van der Waals surface area contributed by atoms with Crippen molar-refractivity contribution in [3.63, 3.8) is 0 Å². The van der Waals surface area contributed by atoms with Gasteiger partial charge in [-0.3, -0.25) is 4.79 Å². The molecule has 6 heteroatoms. The van der Waals surface area contributed by atoms with Crippen molar-refractivity contribution in [2.45, 2.75) is 37.3 Å². The van der Waals surface area contributed by atoms with Crippen LogP contribution < -0.4 is 10.6 Å². The zero-order chi connectivity index (χ0) is 15.7. The second-order valence-corrected chi connectivity index (χ2v) is 6.13. The zero-order valence-corrected chi connectivity index (χ0v) is 12.5. The Morgan fingerprint density at radius 2 is 2.18 bits per heavy atom. The molecule has 0 radical (unpaired) electrons. The van der Waals surface area contributed by atoms with Crippen LogP contribution in [0.1, 0.15) is 30.7 Å². The molecular formula is C16H20FN3O2. The molecule has 1 saturated carbocycles. The van der Waals surface area contributed by atoms with Gasteiger partial charge in [0.05, 0.1) is 0 Å². The standard InChI is InChI=1S/C16H20FN3O2/c1-20-9-12(5-6-15(20)21)18-16(22)19-14-8-13(14)10-3-2-4-11(17)7-10/h2-4,7,12-14H,5-6,8-9H2,1H3,(H2,18,19,22)/t12-,13-,14+/m0/s1. The molecule has 118 valence electrons. The summed E-state index contributed by atoms with van der Waals surface area (Å²) in [6.07, 6.45) is 1.98. The number of carbonyl (C=O) groups is 2. The van der Waals surface area contributed by atoms with Gasteiger partial charge in [0.15, 0.2) is 0 Å². The molecule has 3 rings (SSSR count). The molecule has 5 nitrogen and oxygen atoms in total. The monoisotopic (exact) mass is 305 g/mol. The van der Waals surface area contributed by atoms with E-state index < -0.39 is 0 Å². The Morgan fingerprint density at radius 1 is 1.36 bits per heavy atom. The molecule has 3 atom stereocenters. The number of benzene rings is 1. The number of likely N-dealkylation sites (N-methyl/N-ethyl adjacent to an activating group) is 1. The summed E-state index contributed by atoms with van der Waals surface area (Å²) in [5.74, 6) is 0.0615. The minimum Gasteiger partial charge on any atom is -0.344 e. The number of piperidine rings is 1. The smallest absolute Gasteiger partial charge is 0.315 e. The Morgan fingerprint density at radius 3 is 2.91 bits per heavy atom. The molecular weight excluding hydrogens is 285 g/mol. The average molecular weight is 305 g/mol. The Balaban J connectivity index is 1.47. The van der Waals surface area contributed by atoms with E-state index in [1.807, 2.05) is 6.07 Å². The third-order valence-corrected chi connectivity index (χ3v) is 4.35. The van der Waals surface area contributed by atoms with Gasteiger partial charge in [0.1, 0.15) is 5.82 Å². The quantitative estimate of drug-likeness (QED) is 0.891. The van der Waals surface area contributed by atoms with Crippen LogP contribution in [0.4, 0.5) is 9.18 Å². The van der Waals surface area contributed by atoms with Gasteiger partial charge in [-0.05, 0) is 30.5 Å². The molecule has 2 aliphatic rings. The molecule has 0 bridgehead atoms. The number of amides is 3. The Labute approximate surface area is 128 Å². The molecule has 3 amide bonds. The second-order valence-electron chi connectivity index (χ2n) is 6.13. The first-order valence-electron chi connectivity index (χ1n) is 7.59. The van der Waals surface area contributed by atoms with Gasteiger partial charge in [0.25, 0.3) is 0 Å². The molecule has 1 aliphatic heterocycles. The normalized spacial score (nSPS) is 27.5. The predicted octanol–water partition coefficient (Wildman–Crippen LogP) is 1.60. The van der Waals surface area contributed by atoms with Crippen LogP contribution in [0.25, 0.3) is 0 Å². The van der Waals surface area contributed by atoms with Gasteiger partial charge in [-0.1, -0.05) is 12.1 Å². The summed E-state index contributed by atoms with van der Waals surface area (Å²) >= 11 is 0. The average Bonchev–Trinajstić information content (AvgIpc) is 3.22. The van der Waals surface area contributed by atoms with Gasteiger partial charge in [0.2, 0.25) is 5.91 Å². The number of nitrogens with one attached hydrogen (secondary N) is 2. The lowest BCUT2D eigenvalue weighted by molar-refractivity contribution is -0.132. The molecule has 1 aromatic carbocycles. The number of rotatable bonds is 3. The molecule has 22 heavy (non-hydrogen) atoms. The highest BCUT2D eigenvalue weighted by molar-refractivity contribution is 5.78. The predicted molar refractivity (Wildman–Crippen MR) is 79.9 cm³/mol. The third-order valence-electron chi connectivity index (χ3n) is 4.35. The Bertz CT molecular complexity index is 593. The molecule has 1 aliphatic carbocycles. The lowest BCUT2D eigenvalue weighted by atomic mass is 10.1. The number of carbonyl (C=O) groups excluding carboxylic acids is 2. The first-order valence-corrected chi connectivity index (χ1v) is 7.59. The van der Waals surface area contributed by atoms with E-state index in [-0.39, 0.29) is 35.8 Å². The van der Waals surface area contributed by atoms with Gasteiger partial charge < -0.3 is 15.5 Å². The van der Waals surface area contributed by atoms with Crippen LogP contribution in [0.5, 0.6) is 0 Å². The van der Waals surface area contributed by atoms with Crippen LogP contribution in [-0.2, 0) is 4.79 Å². The first kappa shape index (κ1) is 14.8. The summed E-state index contributed by atoms with van der Waals surface area (Å²) < 4.78 is 13.2. The molecule has 2 N–H and O–H groups in total. The summed E-state index contributed by atoms with van der Waals surface area (Å²) in [4.78, 5) is 25.0. The maximum absolute atomic E-state index is 13.2. The lowest BCUT2D eigenvalue weighted by Gasteiger charge is -2.30. The van der Waals surface area contributed by atoms with E-state index in [0.717, 1.165) is 12.0 Å². The summed E-state index contributed by atoms with van der Waals surface area (Å²) in [5.41, 5.74) is 0.924. The van der Waals surface area contributed by atoms with Crippen LogP contribution in [-0.4, -0.2) is 42.5 Å². The van der Waals surface area contributed by atoms with Crippen LogP contribution in [0.3, 0.4) is 0 Å². The van der Waals surface area contributed by atoms with Crippen molar-refractivity contribution >= 4 is 11.9 Å². The van der Waals surface area contributed by atoms with Crippen LogP contribution in [0, 0.1) is 5.82 Å². The fourth-order valence-corrected chi connectivity index (χ4v) is 2.99. The maximum Gasteiger partial charge on any atom is 0.315 e. The number of nitrogens with zero attached hydrogens (tertiary/aromatic N) is 1. The van der Waals surface area contributed by atoms with Crippen molar-refractivity contribution in [3.05, 3.63) is 35.6 Å². The zero-order valence-electron chi connectivity index (χ0n) is 12.5. The Kier molecular flexibility index (Phi) is 4.00. The minimum atomic E-state index is -0.248. The highest BCUT2D eigenvalue weighted by Gasteiger charge is 2.40. The maximum atomic E-state index is 13.2. The van der Waals surface area contributed by atoms with E-state index in [1.165, 1.54) is 12.1 Å². The fourth-order valence-electron chi connectivity index (χ4n) is 2.99. The van der Waals surface area contributed by atoms with Gasteiger partial charge in [-0.2, -0.15) is 0 Å². The van der Waals surface area contributed by atoms with Gasteiger partial charge in [-0.25, -0.2) is 9.18 Å². The van der Waals surface area contributed by atoms with Crippen LogP contribution in [0.2, 0.25) is 0 Å². The summed E-state index contributed by atoms with van der Waals surface area (Å²) in [7, 11) is 1.74. The Hall–Kier alpha value is -2.11. The van der Waals surface area contributed by atoms with Gasteiger partial charge in [0, 0.05) is 38.0 Å². The summed E-state index contributed by atoms with van der Waals surface area (Å²) in [6.45, 7) is 0.546. The van der Waals surface area contributed by atoms with E-state index in [9.17, 15) is 14.0 Å². The highest BCUT2D eigenvalue weighted by atomic mass is 19.1. The van der Waals surface area contributed by atoms with E-state index in [1.54, 1.807) is 18.0 Å². The molecule has 1 saturated heterocycles. The summed E-state index contributed by atoms with van der Waals surface area (Å²) in [5, 5.41) is 5.83. The number of likely N-dealkylation sites (tertiary alicyclic amines) is 1. The molecule has 2 fully saturated rings. The number of hydrogen-bond acceptors (Lipinski definition) is 2. The van der Waals surface area contributed by atoms with Gasteiger partial charge in [-0.15, -0.1) is 0 Å². The molecule has 1 heterocycles. The van der Waals surface area contributed by atoms with E-state index in [4.69, 9.17) is 0 Å². The number of halogens is 1. The lowest BCUT2D eigenvalue weighted by Crippen LogP contribution is -2.51. The van der Waals surface area contributed by atoms with Crippen LogP contribution >= 0.6 is 0 Å². The SMILES string of the molecule is CN1C[C@@H](NC(=O)N[C@@H]2C[C@H]2c2cccc(F)c2)CCC1=O. The first-order chi connectivity index (χ1) is 10.5. The van der Waals surface area contributed by atoms with Crippen molar-refractivity contribution in [2.24, 2.45) is 0 Å². The van der Waals surface area contributed by atoms with E-state index in [2.05, 4.69) is 10.6 Å². The van der Waals surface area contributed by atoms with E-state index >= 15 is 0 Å². The topological polar surface area (TPSA) is 61.4 Å². The van der Waals surface area contributed by atoms with Crippen molar-refractivity contribution < 1.29 is 14.0 Å². The molecule has 1 aromatic rings. The van der Waals surface area contributed by atoms with Crippen molar-refractivity contribution in [2.75, 3.05) is 13.6 Å². The number of hydrogen-bond donors (Lipinski definition) is 2. The molecule has 0 unspecified atom stereocenters. The van der Waals surface area contributed by atoms with Crippen molar-refractivity contribution in [1.29, 1.82) is 0 Å². The molecule has 0 aromatic heterocycles. The largest absolute Gasteiger partial charge is 0.344 e. The van der Waals surface area contributed by atoms with Gasteiger partial charge >= 0.3 is 6.03 Å². The van der Waals surface area contributed by atoms with Crippen molar-refractivity contribution in [1.82, 2.24) is 15.5 Å².